The van der Waals surface area contributed by atoms with Gasteiger partial charge in [-0.05, 0) is 104 Å². The molecule has 1 N–H and O–H groups in total. The van der Waals surface area contributed by atoms with E-state index in [-0.39, 0.29) is 29.1 Å². The van der Waals surface area contributed by atoms with Crippen molar-refractivity contribution in [1.29, 1.82) is 0 Å². The molecular weight excluding hydrogens is 456 g/mol. The van der Waals surface area contributed by atoms with Crippen LogP contribution in [0.1, 0.15) is 75.3 Å². The molecule has 2 aromatic rings. The van der Waals surface area contributed by atoms with E-state index in [0.29, 0.717) is 18.8 Å². The maximum absolute atomic E-state index is 13.1. The molecule has 2 atom stereocenters. The Hall–Kier alpha value is -2.46. The van der Waals surface area contributed by atoms with Crippen molar-refractivity contribution in [3.05, 3.63) is 71.8 Å². The monoisotopic (exact) mass is 498 g/mol. The third-order valence-electron chi connectivity index (χ3n) is 10.1. The van der Waals surface area contributed by atoms with Crippen LogP contribution in [0.2, 0.25) is 0 Å². The van der Waals surface area contributed by atoms with Gasteiger partial charge in [0.05, 0.1) is 6.54 Å². The summed E-state index contributed by atoms with van der Waals surface area (Å²) < 4.78 is 0. The maximum atomic E-state index is 13.1. The van der Waals surface area contributed by atoms with Crippen LogP contribution in [0.25, 0.3) is 0 Å². The van der Waals surface area contributed by atoms with E-state index in [1.54, 1.807) is 0 Å². The maximum Gasteiger partial charge on any atom is 0.220 e. The lowest BCUT2D eigenvalue weighted by molar-refractivity contribution is -0.133. The van der Waals surface area contributed by atoms with E-state index in [0.717, 1.165) is 50.7 Å². The van der Waals surface area contributed by atoms with Crippen LogP contribution in [-0.4, -0.2) is 36.2 Å². The molecule has 1 heterocycles. The van der Waals surface area contributed by atoms with Crippen LogP contribution >= 0.6 is 0 Å². The van der Waals surface area contributed by atoms with Gasteiger partial charge in [0, 0.05) is 19.4 Å². The molecule has 1 saturated heterocycles. The lowest BCUT2D eigenvalue weighted by Gasteiger charge is -2.62. The van der Waals surface area contributed by atoms with Crippen LogP contribution in [-0.2, 0) is 21.5 Å². The Morgan fingerprint density at radius 2 is 1.51 bits per heavy atom. The van der Waals surface area contributed by atoms with Crippen LogP contribution in [0.4, 0.5) is 0 Å². The lowest BCUT2D eigenvalue weighted by Crippen LogP contribution is -2.55. The van der Waals surface area contributed by atoms with Gasteiger partial charge in [0.25, 0.3) is 0 Å². The second kappa shape index (κ2) is 10.4. The first kappa shape index (κ1) is 24.9. The molecule has 4 aliphatic carbocycles. The third kappa shape index (κ3) is 5.55. The number of likely N-dealkylation sites (tertiary alicyclic amines) is 1. The highest BCUT2D eigenvalue weighted by molar-refractivity contribution is 5.86. The molecule has 2 aromatic carbocycles. The molecule has 2 unspecified atom stereocenters. The molecule has 37 heavy (non-hydrogen) atoms. The van der Waals surface area contributed by atoms with E-state index in [2.05, 4.69) is 70.9 Å². The highest BCUT2D eigenvalue weighted by Crippen LogP contribution is 2.66. The molecule has 4 nitrogen and oxygen atoms in total. The Kier molecular flexibility index (Phi) is 6.96. The summed E-state index contributed by atoms with van der Waals surface area (Å²) in [5, 5.41) is 3.04. The fourth-order valence-corrected chi connectivity index (χ4v) is 8.97. The van der Waals surface area contributed by atoms with Crippen molar-refractivity contribution < 1.29 is 9.59 Å². The van der Waals surface area contributed by atoms with Gasteiger partial charge in [0.15, 0.2) is 5.78 Å². The number of nitrogens with one attached hydrogen (secondary N) is 1. The van der Waals surface area contributed by atoms with Crippen molar-refractivity contribution in [2.24, 2.45) is 23.2 Å². The Morgan fingerprint density at radius 3 is 2.19 bits per heavy atom. The van der Waals surface area contributed by atoms with E-state index in [4.69, 9.17) is 0 Å². The average molecular weight is 499 g/mol. The summed E-state index contributed by atoms with van der Waals surface area (Å²) in [5.74, 6) is 2.25. The molecule has 196 valence electrons. The quantitative estimate of drug-likeness (QED) is 0.468. The first-order valence-corrected chi connectivity index (χ1v) is 14.6. The minimum atomic E-state index is 0.0937. The SMILES string of the molecule is O=C(CNC(=O)CC12CC3CC(C1)CC(c1ccccc1)(C3)C2)CC1CCN(Cc2ccccc2)CC1. The Labute approximate surface area is 222 Å². The summed E-state index contributed by atoms with van der Waals surface area (Å²) in [6.07, 6.45) is 10.8. The minimum Gasteiger partial charge on any atom is -0.349 e. The van der Waals surface area contributed by atoms with Crippen molar-refractivity contribution in [3.8, 4) is 0 Å². The molecule has 5 fully saturated rings. The van der Waals surface area contributed by atoms with Crippen LogP contribution in [0.15, 0.2) is 60.7 Å². The van der Waals surface area contributed by atoms with E-state index in [9.17, 15) is 9.59 Å². The van der Waals surface area contributed by atoms with Gasteiger partial charge in [0.1, 0.15) is 0 Å². The molecule has 7 rings (SSSR count). The predicted molar refractivity (Wildman–Crippen MR) is 147 cm³/mol. The van der Waals surface area contributed by atoms with Crippen molar-refractivity contribution in [3.63, 3.8) is 0 Å². The Morgan fingerprint density at radius 1 is 0.865 bits per heavy atom. The van der Waals surface area contributed by atoms with E-state index < -0.39 is 0 Å². The van der Waals surface area contributed by atoms with Gasteiger partial charge >= 0.3 is 0 Å². The van der Waals surface area contributed by atoms with Crippen molar-refractivity contribution in [1.82, 2.24) is 10.2 Å². The number of rotatable bonds is 9. The zero-order chi connectivity index (χ0) is 25.3. The van der Waals surface area contributed by atoms with E-state index in [1.807, 2.05) is 0 Å². The highest BCUT2D eigenvalue weighted by Gasteiger charge is 2.58. The largest absolute Gasteiger partial charge is 0.349 e. The molecule has 4 saturated carbocycles. The molecule has 0 radical (unpaired) electrons. The molecule has 4 heteroatoms. The fourth-order valence-electron chi connectivity index (χ4n) is 8.97. The average Bonchev–Trinajstić information content (AvgIpc) is 2.89. The highest BCUT2D eigenvalue weighted by atomic mass is 16.2. The Balaban J connectivity index is 0.973. The fraction of sp³-hybridized carbons (Fsp3) is 0.576. The molecule has 1 aliphatic heterocycles. The van der Waals surface area contributed by atoms with E-state index in [1.165, 1.54) is 43.2 Å². The number of carbonyl (C=O) groups is 2. The number of benzene rings is 2. The van der Waals surface area contributed by atoms with Gasteiger partial charge in [0.2, 0.25) is 5.91 Å². The number of hydrogen-bond acceptors (Lipinski definition) is 3. The summed E-state index contributed by atoms with van der Waals surface area (Å²) in [6, 6.07) is 21.7. The number of amides is 1. The van der Waals surface area contributed by atoms with Gasteiger partial charge in [-0.25, -0.2) is 0 Å². The van der Waals surface area contributed by atoms with Gasteiger partial charge in [-0.3, -0.25) is 14.5 Å². The smallest absolute Gasteiger partial charge is 0.220 e. The normalized spacial score (nSPS) is 31.4. The number of carbonyl (C=O) groups excluding carboxylic acids is 2. The van der Waals surface area contributed by atoms with Gasteiger partial charge in [-0.15, -0.1) is 0 Å². The molecule has 5 aliphatic rings. The topological polar surface area (TPSA) is 49.4 Å². The van der Waals surface area contributed by atoms with Crippen molar-refractivity contribution >= 4 is 11.7 Å². The van der Waals surface area contributed by atoms with Crippen molar-refractivity contribution in [2.45, 2.75) is 76.2 Å². The summed E-state index contributed by atoms with van der Waals surface area (Å²) >= 11 is 0. The second-order valence-corrected chi connectivity index (χ2v) is 13.0. The summed E-state index contributed by atoms with van der Waals surface area (Å²) in [7, 11) is 0. The minimum absolute atomic E-state index is 0.0937. The van der Waals surface area contributed by atoms with Crippen LogP contribution in [0, 0.1) is 23.2 Å². The predicted octanol–water partition coefficient (Wildman–Crippen LogP) is 5.90. The summed E-state index contributed by atoms with van der Waals surface area (Å²) in [4.78, 5) is 28.4. The van der Waals surface area contributed by atoms with Gasteiger partial charge in [-0.1, -0.05) is 60.7 Å². The Bertz CT molecular complexity index is 1080. The third-order valence-corrected chi connectivity index (χ3v) is 10.1. The molecule has 0 aromatic heterocycles. The molecule has 1 amide bonds. The van der Waals surface area contributed by atoms with Gasteiger partial charge < -0.3 is 5.32 Å². The lowest BCUT2D eigenvalue weighted by atomic mass is 9.42. The summed E-state index contributed by atoms with van der Waals surface area (Å²) in [6.45, 7) is 3.29. The number of piperidine rings is 1. The summed E-state index contributed by atoms with van der Waals surface area (Å²) in [5.41, 5.74) is 3.22. The molecule has 0 spiro atoms. The second-order valence-electron chi connectivity index (χ2n) is 13.0. The van der Waals surface area contributed by atoms with E-state index >= 15 is 0 Å². The number of hydrogen-bond donors (Lipinski definition) is 1. The van der Waals surface area contributed by atoms with Crippen LogP contribution in [0.5, 0.6) is 0 Å². The van der Waals surface area contributed by atoms with Gasteiger partial charge in [-0.2, -0.15) is 0 Å². The molecule has 4 bridgehead atoms. The number of Topliss-reactive ketones (excluding diaryl/α,β-unsaturated/α-hetero) is 1. The zero-order valence-electron chi connectivity index (χ0n) is 22.2. The first-order valence-electron chi connectivity index (χ1n) is 14.6. The molecular formula is C33H42N2O2. The number of nitrogens with zero attached hydrogens (tertiary/aromatic N) is 1. The van der Waals surface area contributed by atoms with Crippen molar-refractivity contribution in [2.75, 3.05) is 19.6 Å². The van der Waals surface area contributed by atoms with Crippen LogP contribution < -0.4 is 5.32 Å². The standard InChI is InChI=1S/C33H42N2O2/c36-30(16-25-11-13-35(14-12-25)23-26-7-3-1-4-8-26)22-34-31(37)21-32-17-27-15-28(18-32)20-33(19-27,24-32)29-9-5-2-6-10-29/h1-10,25,27-28H,11-24H2,(H,34,37). The number of ketones is 1. The first-order chi connectivity index (χ1) is 18.0. The van der Waals surface area contributed by atoms with Crippen LogP contribution in [0.3, 0.4) is 0 Å². The zero-order valence-corrected chi connectivity index (χ0v) is 22.2.